The number of hydrogen-bond acceptors (Lipinski definition) is 5. The van der Waals surface area contributed by atoms with E-state index in [2.05, 4.69) is 11.4 Å². The summed E-state index contributed by atoms with van der Waals surface area (Å²) in [5.74, 6) is 0.474. The third-order valence-corrected chi connectivity index (χ3v) is 6.38. The van der Waals surface area contributed by atoms with Crippen LogP contribution in [-0.4, -0.2) is 48.1 Å². The second-order valence-electron chi connectivity index (χ2n) is 8.18. The van der Waals surface area contributed by atoms with E-state index in [9.17, 15) is 9.90 Å². The van der Waals surface area contributed by atoms with Gasteiger partial charge in [0.1, 0.15) is 30.3 Å². The molecule has 1 unspecified atom stereocenters. The number of rotatable bonds is 9. The normalized spacial score (nSPS) is 15.8. The standard InChI is InChI=1S/C26H25Cl2NO5/c27-23-9-8-21(12-24(23)28)33-15-20(30)13-29-14-22-7-5-19-11-18(6-10-25(19)34-22)16-1-3-17(4-2-16)26(31)32/h1-4,6,8-12,20,22,29-30H,5,7,13-15H2,(H,31,32)/t20?,22-/m1/s1. The minimum atomic E-state index is -0.934. The van der Waals surface area contributed by atoms with Gasteiger partial charge in [0.25, 0.3) is 0 Å². The van der Waals surface area contributed by atoms with Gasteiger partial charge >= 0.3 is 5.97 Å². The Labute approximate surface area is 208 Å². The van der Waals surface area contributed by atoms with Gasteiger partial charge in [-0.3, -0.25) is 0 Å². The fourth-order valence-electron chi connectivity index (χ4n) is 3.80. The fourth-order valence-corrected chi connectivity index (χ4v) is 4.09. The molecule has 2 atom stereocenters. The van der Waals surface area contributed by atoms with Crippen molar-refractivity contribution in [1.82, 2.24) is 5.32 Å². The molecule has 0 fully saturated rings. The van der Waals surface area contributed by atoms with E-state index in [1.807, 2.05) is 24.3 Å². The predicted octanol–water partition coefficient (Wildman–Crippen LogP) is 5.08. The maximum Gasteiger partial charge on any atom is 0.335 e. The van der Waals surface area contributed by atoms with E-state index in [1.165, 1.54) is 0 Å². The van der Waals surface area contributed by atoms with Crippen molar-refractivity contribution in [2.75, 3.05) is 19.7 Å². The van der Waals surface area contributed by atoms with Crippen molar-refractivity contribution in [1.29, 1.82) is 0 Å². The van der Waals surface area contributed by atoms with Crippen LogP contribution < -0.4 is 14.8 Å². The van der Waals surface area contributed by atoms with Crippen molar-refractivity contribution >= 4 is 29.2 Å². The van der Waals surface area contributed by atoms with E-state index >= 15 is 0 Å². The Morgan fingerprint density at radius 3 is 2.56 bits per heavy atom. The van der Waals surface area contributed by atoms with Gasteiger partial charge in [-0.05, 0) is 65.9 Å². The second-order valence-corrected chi connectivity index (χ2v) is 9.00. The third kappa shape index (κ3) is 6.21. The maximum absolute atomic E-state index is 11.0. The first-order valence-corrected chi connectivity index (χ1v) is 11.7. The van der Waals surface area contributed by atoms with Crippen molar-refractivity contribution in [3.8, 4) is 22.6 Å². The number of carboxylic acids is 1. The Hall–Kier alpha value is -2.77. The summed E-state index contributed by atoms with van der Waals surface area (Å²) in [7, 11) is 0. The number of aliphatic hydroxyl groups excluding tert-OH is 1. The number of aryl methyl sites for hydroxylation is 1. The van der Waals surface area contributed by atoms with Crippen LogP contribution in [0.5, 0.6) is 11.5 Å². The number of fused-ring (bicyclic) bond motifs is 1. The molecule has 8 heteroatoms. The van der Waals surface area contributed by atoms with Crippen LogP contribution in [0.15, 0.2) is 60.7 Å². The molecular formula is C26H25Cl2NO5. The molecule has 0 amide bonds. The van der Waals surface area contributed by atoms with E-state index in [0.717, 1.165) is 35.3 Å². The number of aliphatic hydroxyl groups is 1. The second kappa shape index (κ2) is 11.1. The van der Waals surface area contributed by atoms with Gasteiger partial charge in [0, 0.05) is 19.2 Å². The van der Waals surface area contributed by atoms with Crippen molar-refractivity contribution in [2.45, 2.75) is 25.0 Å². The van der Waals surface area contributed by atoms with Gasteiger partial charge in [-0.25, -0.2) is 4.79 Å². The Bertz CT molecular complexity index is 1150. The molecular weight excluding hydrogens is 477 g/mol. The zero-order valence-corrected chi connectivity index (χ0v) is 19.9. The highest BCUT2D eigenvalue weighted by Gasteiger charge is 2.20. The summed E-state index contributed by atoms with van der Waals surface area (Å²) in [6.45, 7) is 1.12. The number of carbonyl (C=O) groups is 1. The van der Waals surface area contributed by atoms with Gasteiger partial charge in [-0.15, -0.1) is 0 Å². The smallest absolute Gasteiger partial charge is 0.335 e. The molecule has 6 nitrogen and oxygen atoms in total. The van der Waals surface area contributed by atoms with E-state index in [-0.39, 0.29) is 18.3 Å². The maximum atomic E-state index is 11.0. The van der Waals surface area contributed by atoms with Crippen molar-refractivity contribution < 1.29 is 24.5 Å². The Kier molecular flexibility index (Phi) is 7.95. The molecule has 0 saturated heterocycles. The molecule has 0 spiro atoms. The first-order valence-electron chi connectivity index (χ1n) is 11.0. The molecule has 0 bridgehead atoms. The zero-order valence-electron chi connectivity index (χ0n) is 18.3. The lowest BCUT2D eigenvalue weighted by molar-refractivity contribution is 0.0697. The van der Waals surface area contributed by atoms with Crippen LogP contribution in [0.1, 0.15) is 22.3 Å². The SMILES string of the molecule is O=C(O)c1ccc(-c2ccc3c(c2)CC[C@H](CNCC(O)COc2ccc(Cl)c(Cl)c2)O3)cc1. The van der Waals surface area contributed by atoms with Gasteiger partial charge < -0.3 is 25.0 Å². The van der Waals surface area contributed by atoms with Gasteiger partial charge in [0.2, 0.25) is 0 Å². The largest absolute Gasteiger partial charge is 0.491 e. The monoisotopic (exact) mass is 501 g/mol. The van der Waals surface area contributed by atoms with E-state index in [1.54, 1.807) is 30.3 Å². The fraction of sp³-hybridized carbons (Fsp3) is 0.269. The Balaban J connectivity index is 1.24. The van der Waals surface area contributed by atoms with Gasteiger partial charge in [0.15, 0.2) is 0 Å². The average molecular weight is 502 g/mol. The molecule has 0 aliphatic carbocycles. The number of nitrogens with one attached hydrogen (secondary N) is 1. The molecule has 3 aromatic carbocycles. The van der Waals surface area contributed by atoms with Crippen molar-refractivity contribution in [3.63, 3.8) is 0 Å². The van der Waals surface area contributed by atoms with Crippen LogP contribution in [0.2, 0.25) is 10.0 Å². The molecule has 34 heavy (non-hydrogen) atoms. The topological polar surface area (TPSA) is 88.0 Å². The molecule has 1 aliphatic heterocycles. The zero-order chi connectivity index (χ0) is 24.1. The number of benzene rings is 3. The molecule has 3 aromatic rings. The summed E-state index contributed by atoms with van der Waals surface area (Å²) in [5, 5.41) is 23.4. The van der Waals surface area contributed by atoms with Crippen LogP contribution in [0.4, 0.5) is 0 Å². The molecule has 0 aromatic heterocycles. The van der Waals surface area contributed by atoms with Crippen LogP contribution in [0, 0.1) is 0 Å². The lowest BCUT2D eigenvalue weighted by Crippen LogP contribution is -2.39. The molecule has 1 aliphatic rings. The summed E-state index contributed by atoms with van der Waals surface area (Å²) in [4.78, 5) is 11.0. The quantitative estimate of drug-likeness (QED) is 0.378. The molecule has 4 rings (SSSR count). The Morgan fingerprint density at radius 2 is 1.82 bits per heavy atom. The summed E-state index contributed by atoms with van der Waals surface area (Å²) >= 11 is 11.9. The molecule has 0 radical (unpaired) electrons. The minimum absolute atomic E-state index is 0.0105. The number of aromatic carboxylic acids is 1. The lowest BCUT2D eigenvalue weighted by Gasteiger charge is -2.27. The third-order valence-electron chi connectivity index (χ3n) is 5.64. The average Bonchev–Trinajstić information content (AvgIpc) is 2.84. The van der Waals surface area contributed by atoms with Crippen LogP contribution >= 0.6 is 23.2 Å². The van der Waals surface area contributed by atoms with E-state index < -0.39 is 12.1 Å². The number of carboxylic acid groups (broad SMARTS) is 1. The van der Waals surface area contributed by atoms with Crippen molar-refractivity contribution in [2.24, 2.45) is 0 Å². The van der Waals surface area contributed by atoms with Crippen molar-refractivity contribution in [3.05, 3.63) is 81.8 Å². The van der Waals surface area contributed by atoms with Crippen LogP contribution in [0.25, 0.3) is 11.1 Å². The first kappa shape index (κ1) is 24.4. The molecule has 1 heterocycles. The minimum Gasteiger partial charge on any atom is -0.491 e. The first-order chi connectivity index (χ1) is 16.4. The predicted molar refractivity (Wildman–Crippen MR) is 132 cm³/mol. The lowest BCUT2D eigenvalue weighted by atomic mass is 9.96. The van der Waals surface area contributed by atoms with E-state index in [0.29, 0.717) is 28.9 Å². The van der Waals surface area contributed by atoms with Crippen LogP contribution in [0.3, 0.4) is 0 Å². The highest BCUT2D eigenvalue weighted by molar-refractivity contribution is 6.42. The highest BCUT2D eigenvalue weighted by Crippen LogP contribution is 2.32. The van der Waals surface area contributed by atoms with Crippen LogP contribution in [-0.2, 0) is 6.42 Å². The number of ether oxygens (including phenoxy) is 2. The molecule has 178 valence electrons. The molecule has 3 N–H and O–H groups in total. The highest BCUT2D eigenvalue weighted by atomic mass is 35.5. The number of hydrogen-bond donors (Lipinski definition) is 3. The van der Waals surface area contributed by atoms with Gasteiger partial charge in [0.05, 0.1) is 15.6 Å². The van der Waals surface area contributed by atoms with Gasteiger partial charge in [-0.1, -0.05) is 41.4 Å². The number of halogens is 2. The summed E-state index contributed by atoms with van der Waals surface area (Å²) in [6, 6.07) is 17.9. The van der Waals surface area contributed by atoms with E-state index in [4.69, 9.17) is 37.8 Å². The Morgan fingerprint density at radius 1 is 1.06 bits per heavy atom. The summed E-state index contributed by atoms with van der Waals surface area (Å²) in [6.07, 6.45) is 1.07. The summed E-state index contributed by atoms with van der Waals surface area (Å²) < 4.78 is 11.7. The molecule has 0 saturated carbocycles. The summed E-state index contributed by atoms with van der Waals surface area (Å²) in [5.41, 5.74) is 3.40. The van der Waals surface area contributed by atoms with Gasteiger partial charge in [-0.2, -0.15) is 0 Å².